The van der Waals surface area contributed by atoms with Crippen molar-refractivity contribution in [3.05, 3.63) is 0 Å². The van der Waals surface area contributed by atoms with Crippen LogP contribution in [0.15, 0.2) is 0 Å². The third kappa shape index (κ3) is 4.20. The molecule has 0 aliphatic carbocycles. The maximum Gasteiger partial charge on any atom is 0.245 e. The Morgan fingerprint density at radius 3 is 2.80 bits per heavy atom. The highest BCUT2D eigenvalue weighted by molar-refractivity contribution is 5.94. The minimum absolute atomic E-state index is 0.0418. The summed E-state index contributed by atoms with van der Waals surface area (Å²) < 4.78 is 5.68. The van der Waals surface area contributed by atoms with Crippen molar-refractivity contribution in [2.24, 2.45) is 5.92 Å². The largest absolute Gasteiger partial charge is 0.378 e. The van der Waals surface area contributed by atoms with E-state index in [1.807, 2.05) is 0 Å². The van der Waals surface area contributed by atoms with Crippen LogP contribution in [-0.2, 0) is 14.3 Å². The Labute approximate surface area is 121 Å². The molecule has 2 rings (SSSR count). The van der Waals surface area contributed by atoms with Gasteiger partial charge in [0.25, 0.3) is 0 Å². The van der Waals surface area contributed by atoms with E-state index in [1.54, 1.807) is 4.90 Å². The Bertz CT molecular complexity index is 351. The zero-order chi connectivity index (χ0) is 14.5. The van der Waals surface area contributed by atoms with Gasteiger partial charge in [-0.25, -0.2) is 0 Å². The molecule has 2 fully saturated rings. The Hall–Kier alpha value is -1.10. The van der Waals surface area contributed by atoms with Crippen LogP contribution in [-0.4, -0.2) is 48.6 Å². The molecule has 0 bridgehead atoms. The van der Waals surface area contributed by atoms with Gasteiger partial charge in [0, 0.05) is 13.2 Å². The summed E-state index contributed by atoms with van der Waals surface area (Å²) in [4.78, 5) is 25.8. The summed E-state index contributed by atoms with van der Waals surface area (Å²) in [5.74, 6) is 0.416. The van der Waals surface area contributed by atoms with Crippen LogP contribution in [0, 0.1) is 5.92 Å². The number of hydrogen-bond donors (Lipinski definition) is 1. The van der Waals surface area contributed by atoms with Gasteiger partial charge in [-0.1, -0.05) is 13.8 Å². The molecule has 2 atom stereocenters. The van der Waals surface area contributed by atoms with Crippen LogP contribution in [0.1, 0.15) is 46.0 Å². The number of hydrogen-bond acceptors (Lipinski definition) is 3. The molecule has 0 aromatic heterocycles. The van der Waals surface area contributed by atoms with Gasteiger partial charge in [-0.15, -0.1) is 0 Å². The molecule has 2 aliphatic rings. The first-order valence-corrected chi connectivity index (χ1v) is 7.76. The number of ether oxygens (including phenoxy) is 1. The lowest BCUT2D eigenvalue weighted by Crippen LogP contribution is -2.58. The highest BCUT2D eigenvalue weighted by Gasteiger charge is 2.33. The van der Waals surface area contributed by atoms with Gasteiger partial charge < -0.3 is 15.0 Å². The van der Waals surface area contributed by atoms with Crippen LogP contribution in [0.4, 0.5) is 0 Å². The molecule has 0 radical (unpaired) electrons. The number of carbonyl (C=O) groups is 2. The zero-order valence-electron chi connectivity index (χ0n) is 12.6. The Morgan fingerprint density at radius 2 is 2.15 bits per heavy atom. The van der Waals surface area contributed by atoms with Crippen LogP contribution >= 0.6 is 0 Å². The van der Waals surface area contributed by atoms with Crippen molar-refractivity contribution in [3.8, 4) is 0 Å². The minimum Gasteiger partial charge on any atom is -0.378 e. The van der Waals surface area contributed by atoms with Crippen LogP contribution in [0.25, 0.3) is 0 Å². The van der Waals surface area contributed by atoms with Crippen LogP contribution in [0.3, 0.4) is 0 Å². The standard InChI is InChI=1S/C15H26N2O3/c1-11(2)9-13-15(19)17(10-14(18)16-13)7-6-12-5-3-4-8-20-12/h11-13H,3-10H2,1-2H3,(H,16,18). The van der Waals surface area contributed by atoms with Crippen molar-refractivity contribution < 1.29 is 14.3 Å². The zero-order valence-corrected chi connectivity index (χ0v) is 12.6. The molecule has 1 N–H and O–H groups in total. The molecule has 20 heavy (non-hydrogen) atoms. The van der Waals surface area contributed by atoms with Gasteiger partial charge in [0.1, 0.15) is 6.04 Å². The molecule has 2 amide bonds. The molecule has 0 spiro atoms. The van der Waals surface area contributed by atoms with E-state index in [4.69, 9.17) is 4.74 Å². The lowest BCUT2D eigenvalue weighted by Gasteiger charge is -2.34. The van der Waals surface area contributed by atoms with E-state index in [0.29, 0.717) is 18.9 Å². The third-order valence-electron chi connectivity index (χ3n) is 3.98. The van der Waals surface area contributed by atoms with Crippen LogP contribution < -0.4 is 5.32 Å². The van der Waals surface area contributed by atoms with E-state index < -0.39 is 0 Å². The fraction of sp³-hybridized carbons (Fsp3) is 0.867. The van der Waals surface area contributed by atoms with E-state index in [1.165, 1.54) is 6.42 Å². The van der Waals surface area contributed by atoms with Gasteiger partial charge in [-0.3, -0.25) is 9.59 Å². The number of nitrogens with zero attached hydrogens (tertiary/aromatic N) is 1. The average molecular weight is 282 g/mol. The van der Waals surface area contributed by atoms with E-state index in [-0.39, 0.29) is 30.5 Å². The van der Waals surface area contributed by atoms with Gasteiger partial charge in [0.15, 0.2) is 0 Å². The number of rotatable bonds is 5. The maximum atomic E-state index is 12.3. The van der Waals surface area contributed by atoms with Gasteiger partial charge in [0.05, 0.1) is 12.6 Å². The Morgan fingerprint density at radius 1 is 1.35 bits per heavy atom. The number of nitrogens with one attached hydrogen (secondary N) is 1. The molecule has 2 heterocycles. The van der Waals surface area contributed by atoms with Gasteiger partial charge in [-0.05, 0) is 38.0 Å². The fourth-order valence-electron chi connectivity index (χ4n) is 2.93. The fourth-order valence-corrected chi connectivity index (χ4v) is 2.93. The summed E-state index contributed by atoms with van der Waals surface area (Å²) in [6.07, 6.45) is 5.22. The monoisotopic (exact) mass is 282 g/mol. The summed E-state index contributed by atoms with van der Waals surface area (Å²) in [7, 11) is 0. The predicted molar refractivity (Wildman–Crippen MR) is 76.2 cm³/mol. The quantitative estimate of drug-likeness (QED) is 0.827. The molecule has 0 saturated carbocycles. The molecule has 5 heteroatoms. The normalized spacial score (nSPS) is 27.9. The van der Waals surface area contributed by atoms with Crippen molar-refractivity contribution in [1.29, 1.82) is 0 Å². The highest BCUT2D eigenvalue weighted by Crippen LogP contribution is 2.17. The SMILES string of the molecule is CC(C)CC1NC(=O)CN(CCC2CCCCO2)C1=O. The average Bonchev–Trinajstić information content (AvgIpc) is 2.41. The predicted octanol–water partition coefficient (Wildman–Crippen LogP) is 1.32. The first kappa shape index (κ1) is 15.3. The Balaban J connectivity index is 1.85. The second-order valence-electron chi connectivity index (χ2n) is 6.29. The summed E-state index contributed by atoms with van der Waals surface area (Å²) in [5, 5.41) is 2.80. The van der Waals surface area contributed by atoms with E-state index in [0.717, 1.165) is 25.9 Å². The molecular formula is C15H26N2O3. The van der Waals surface area contributed by atoms with Crippen molar-refractivity contribution in [2.45, 2.75) is 58.1 Å². The summed E-state index contributed by atoms with van der Waals surface area (Å²) in [5.41, 5.74) is 0. The third-order valence-corrected chi connectivity index (χ3v) is 3.98. The van der Waals surface area contributed by atoms with Crippen LogP contribution in [0.2, 0.25) is 0 Å². The number of carbonyl (C=O) groups excluding carboxylic acids is 2. The molecular weight excluding hydrogens is 256 g/mol. The number of amides is 2. The second kappa shape index (κ2) is 7.07. The summed E-state index contributed by atoms with van der Waals surface area (Å²) >= 11 is 0. The van der Waals surface area contributed by atoms with Gasteiger partial charge in [0.2, 0.25) is 11.8 Å². The molecule has 2 unspecified atom stereocenters. The van der Waals surface area contributed by atoms with Gasteiger partial charge in [-0.2, -0.15) is 0 Å². The van der Waals surface area contributed by atoms with Crippen molar-refractivity contribution >= 4 is 11.8 Å². The molecule has 2 aliphatic heterocycles. The molecule has 2 saturated heterocycles. The van der Waals surface area contributed by atoms with Crippen LogP contribution in [0.5, 0.6) is 0 Å². The Kier molecular flexibility index (Phi) is 5.40. The van der Waals surface area contributed by atoms with Crippen molar-refractivity contribution in [3.63, 3.8) is 0 Å². The first-order valence-electron chi connectivity index (χ1n) is 7.76. The van der Waals surface area contributed by atoms with Crippen molar-refractivity contribution in [2.75, 3.05) is 19.7 Å². The summed E-state index contributed by atoms with van der Waals surface area (Å²) in [6.45, 7) is 5.78. The highest BCUT2D eigenvalue weighted by atomic mass is 16.5. The van der Waals surface area contributed by atoms with E-state index >= 15 is 0 Å². The van der Waals surface area contributed by atoms with Gasteiger partial charge >= 0.3 is 0 Å². The smallest absolute Gasteiger partial charge is 0.245 e. The lowest BCUT2D eigenvalue weighted by molar-refractivity contribution is -0.145. The topological polar surface area (TPSA) is 58.6 Å². The molecule has 5 nitrogen and oxygen atoms in total. The minimum atomic E-state index is -0.344. The lowest BCUT2D eigenvalue weighted by atomic mass is 10.0. The first-order chi connectivity index (χ1) is 9.56. The van der Waals surface area contributed by atoms with E-state index in [2.05, 4.69) is 19.2 Å². The molecule has 0 aromatic rings. The summed E-state index contributed by atoms with van der Waals surface area (Å²) in [6, 6.07) is -0.344. The second-order valence-corrected chi connectivity index (χ2v) is 6.29. The molecule has 0 aromatic carbocycles. The van der Waals surface area contributed by atoms with Crippen molar-refractivity contribution in [1.82, 2.24) is 10.2 Å². The maximum absolute atomic E-state index is 12.3. The van der Waals surface area contributed by atoms with E-state index in [9.17, 15) is 9.59 Å². The number of piperazine rings is 1. The molecule has 114 valence electrons.